The molecule has 0 aliphatic carbocycles. The molecule has 5 heteroatoms. The third kappa shape index (κ3) is 2.74. The first-order valence-corrected chi connectivity index (χ1v) is 7.60. The van der Waals surface area contributed by atoms with Crippen LogP contribution in [0, 0.1) is 0 Å². The number of hydrogen-bond donors (Lipinski definition) is 0. The molecule has 2 fully saturated rings. The fourth-order valence-corrected chi connectivity index (χ4v) is 3.18. The number of piperidine rings is 1. The van der Waals surface area contributed by atoms with Crippen molar-refractivity contribution in [3.05, 3.63) is 34.9 Å². The number of amides is 1. The quantitative estimate of drug-likeness (QED) is 0.745. The van der Waals surface area contributed by atoms with Gasteiger partial charge in [-0.05, 0) is 26.8 Å². The first-order chi connectivity index (χ1) is 9.82. The number of carbonyl (C=O) groups excluding carboxylic acids is 1. The molecule has 1 aromatic rings. The van der Waals surface area contributed by atoms with Crippen molar-refractivity contribution < 1.29 is 14.3 Å². The molecule has 114 valence electrons. The highest BCUT2D eigenvalue weighted by molar-refractivity contribution is 6.31. The molecule has 2 atom stereocenters. The van der Waals surface area contributed by atoms with Gasteiger partial charge in [-0.3, -0.25) is 0 Å². The molecule has 3 rings (SSSR count). The Morgan fingerprint density at radius 3 is 2.76 bits per heavy atom. The van der Waals surface area contributed by atoms with Crippen LogP contribution in [0.2, 0.25) is 5.02 Å². The molecule has 2 saturated heterocycles. The number of carbonyl (C=O) groups is 1. The molecule has 21 heavy (non-hydrogen) atoms. The fraction of sp³-hybridized carbons (Fsp3) is 0.562. The van der Waals surface area contributed by atoms with E-state index in [0.29, 0.717) is 13.1 Å². The molecule has 0 aromatic heterocycles. The zero-order chi connectivity index (χ0) is 15.3. The summed E-state index contributed by atoms with van der Waals surface area (Å²) in [5.74, 6) is 0. The summed E-state index contributed by atoms with van der Waals surface area (Å²) in [4.78, 5) is 13.8. The van der Waals surface area contributed by atoms with Crippen molar-refractivity contribution in [1.82, 2.24) is 4.90 Å². The average Bonchev–Trinajstić information content (AvgIpc) is 3.11. The smallest absolute Gasteiger partial charge is 0.410 e. The van der Waals surface area contributed by atoms with Gasteiger partial charge in [0, 0.05) is 23.6 Å². The van der Waals surface area contributed by atoms with Gasteiger partial charge in [-0.15, -0.1) is 0 Å². The maximum absolute atomic E-state index is 12.1. The van der Waals surface area contributed by atoms with Crippen LogP contribution in [0.25, 0.3) is 0 Å². The Balaban J connectivity index is 1.69. The van der Waals surface area contributed by atoms with E-state index in [1.54, 1.807) is 4.90 Å². The van der Waals surface area contributed by atoms with E-state index in [-0.39, 0.29) is 17.8 Å². The molecule has 2 aliphatic rings. The van der Waals surface area contributed by atoms with Crippen LogP contribution in [0.3, 0.4) is 0 Å². The van der Waals surface area contributed by atoms with Crippen LogP contribution in [0.1, 0.15) is 32.8 Å². The standard InChI is InChI=1S/C16H20ClNO3/c1-15(2,3)21-14(19)18-9-8-16(13(10-18)20-16)11-6-4-5-7-12(11)17/h4-7,13H,8-10H2,1-3H3. The van der Waals surface area contributed by atoms with Crippen LogP contribution in [0.5, 0.6) is 0 Å². The molecule has 2 unspecified atom stereocenters. The topological polar surface area (TPSA) is 42.1 Å². The first-order valence-electron chi connectivity index (χ1n) is 7.23. The van der Waals surface area contributed by atoms with Crippen molar-refractivity contribution in [2.24, 2.45) is 0 Å². The fourth-order valence-electron chi connectivity index (χ4n) is 2.89. The molecule has 4 nitrogen and oxygen atoms in total. The second kappa shape index (κ2) is 4.89. The molecule has 0 bridgehead atoms. The van der Waals surface area contributed by atoms with Crippen molar-refractivity contribution >= 4 is 17.7 Å². The van der Waals surface area contributed by atoms with Gasteiger partial charge in [-0.2, -0.15) is 0 Å². The van der Waals surface area contributed by atoms with E-state index in [2.05, 4.69) is 0 Å². The number of halogens is 1. The van der Waals surface area contributed by atoms with Crippen LogP contribution in [0.4, 0.5) is 4.79 Å². The molecule has 0 saturated carbocycles. The summed E-state index contributed by atoms with van der Waals surface area (Å²) >= 11 is 6.27. The Labute approximate surface area is 130 Å². The van der Waals surface area contributed by atoms with Gasteiger partial charge in [-0.1, -0.05) is 29.8 Å². The van der Waals surface area contributed by atoms with Gasteiger partial charge in [0.1, 0.15) is 17.3 Å². The van der Waals surface area contributed by atoms with Gasteiger partial charge < -0.3 is 14.4 Å². The summed E-state index contributed by atoms with van der Waals surface area (Å²) in [7, 11) is 0. The molecule has 0 radical (unpaired) electrons. The van der Waals surface area contributed by atoms with E-state index >= 15 is 0 Å². The highest BCUT2D eigenvalue weighted by Crippen LogP contribution is 2.53. The van der Waals surface area contributed by atoms with E-state index in [9.17, 15) is 4.79 Å². The summed E-state index contributed by atoms with van der Waals surface area (Å²) in [5, 5.41) is 0.728. The summed E-state index contributed by atoms with van der Waals surface area (Å²) in [5.41, 5.74) is 0.246. The Hall–Kier alpha value is -1.26. The van der Waals surface area contributed by atoms with Crippen LogP contribution < -0.4 is 0 Å². The summed E-state index contributed by atoms with van der Waals surface area (Å²) in [6.45, 7) is 6.79. The lowest BCUT2D eigenvalue weighted by atomic mass is 9.89. The summed E-state index contributed by atoms with van der Waals surface area (Å²) in [6, 6.07) is 7.76. The van der Waals surface area contributed by atoms with Crippen molar-refractivity contribution in [3.63, 3.8) is 0 Å². The predicted molar refractivity (Wildman–Crippen MR) is 80.4 cm³/mol. The summed E-state index contributed by atoms with van der Waals surface area (Å²) < 4.78 is 11.3. The lowest BCUT2D eigenvalue weighted by Gasteiger charge is -2.31. The Morgan fingerprint density at radius 1 is 1.43 bits per heavy atom. The largest absolute Gasteiger partial charge is 0.444 e. The van der Waals surface area contributed by atoms with Gasteiger partial charge in [0.25, 0.3) is 0 Å². The highest BCUT2D eigenvalue weighted by atomic mass is 35.5. The normalized spacial score (nSPS) is 28.0. The molecule has 0 spiro atoms. The second-order valence-electron chi connectivity index (χ2n) is 6.65. The van der Waals surface area contributed by atoms with Crippen LogP contribution in [-0.4, -0.2) is 35.8 Å². The highest BCUT2D eigenvalue weighted by Gasteiger charge is 2.61. The zero-order valence-corrected chi connectivity index (χ0v) is 13.3. The van der Waals surface area contributed by atoms with Crippen molar-refractivity contribution in [2.75, 3.05) is 13.1 Å². The third-order valence-electron chi connectivity index (χ3n) is 3.94. The zero-order valence-electron chi connectivity index (χ0n) is 12.6. The minimum Gasteiger partial charge on any atom is -0.444 e. The van der Waals surface area contributed by atoms with Crippen LogP contribution in [-0.2, 0) is 15.1 Å². The number of ether oxygens (including phenoxy) is 2. The maximum atomic E-state index is 12.1. The predicted octanol–water partition coefficient (Wildman–Crippen LogP) is 3.57. The van der Waals surface area contributed by atoms with Gasteiger partial charge in [-0.25, -0.2) is 4.79 Å². The van der Waals surface area contributed by atoms with Gasteiger partial charge in [0.2, 0.25) is 0 Å². The monoisotopic (exact) mass is 309 g/mol. The number of benzene rings is 1. The van der Waals surface area contributed by atoms with E-state index in [4.69, 9.17) is 21.1 Å². The lowest BCUT2D eigenvalue weighted by molar-refractivity contribution is 0.0217. The second-order valence-corrected chi connectivity index (χ2v) is 7.06. The number of fused-ring (bicyclic) bond motifs is 1. The van der Waals surface area contributed by atoms with Crippen LogP contribution in [0.15, 0.2) is 24.3 Å². The first kappa shape index (κ1) is 14.7. The number of likely N-dealkylation sites (tertiary alicyclic amines) is 1. The maximum Gasteiger partial charge on any atom is 0.410 e. The SMILES string of the molecule is CC(C)(C)OC(=O)N1CCC2(c3ccccc3Cl)OC2C1. The van der Waals surface area contributed by atoms with Crippen molar-refractivity contribution in [2.45, 2.75) is 44.5 Å². The van der Waals surface area contributed by atoms with Crippen molar-refractivity contribution in [1.29, 1.82) is 0 Å². The molecular formula is C16H20ClNO3. The molecule has 2 aliphatic heterocycles. The molecule has 1 aromatic carbocycles. The molecule has 0 N–H and O–H groups in total. The number of rotatable bonds is 1. The number of nitrogens with zero attached hydrogens (tertiary/aromatic N) is 1. The Kier molecular flexibility index (Phi) is 3.41. The molecule has 2 heterocycles. The Bertz CT molecular complexity index is 569. The third-order valence-corrected chi connectivity index (χ3v) is 4.27. The minimum atomic E-state index is -0.473. The number of epoxide rings is 1. The molecular weight excluding hydrogens is 290 g/mol. The van der Waals surface area contributed by atoms with Crippen LogP contribution >= 0.6 is 11.6 Å². The molecule has 1 amide bonds. The van der Waals surface area contributed by atoms with Gasteiger partial charge in [0.05, 0.1) is 6.54 Å². The van der Waals surface area contributed by atoms with Gasteiger partial charge in [0.15, 0.2) is 0 Å². The van der Waals surface area contributed by atoms with E-state index in [1.165, 1.54) is 0 Å². The minimum absolute atomic E-state index is 0.0127. The van der Waals surface area contributed by atoms with Gasteiger partial charge >= 0.3 is 6.09 Å². The number of hydrogen-bond acceptors (Lipinski definition) is 3. The average molecular weight is 310 g/mol. The summed E-state index contributed by atoms with van der Waals surface area (Å²) in [6.07, 6.45) is 0.491. The van der Waals surface area contributed by atoms with E-state index in [1.807, 2.05) is 45.0 Å². The Morgan fingerprint density at radius 2 is 2.14 bits per heavy atom. The van der Waals surface area contributed by atoms with Crippen molar-refractivity contribution in [3.8, 4) is 0 Å². The lowest BCUT2D eigenvalue weighted by Crippen LogP contribution is -2.44. The van der Waals surface area contributed by atoms with E-state index < -0.39 is 5.60 Å². The van der Waals surface area contributed by atoms with E-state index in [0.717, 1.165) is 17.0 Å².